The van der Waals surface area contributed by atoms with Gasteiger partial charge >= 0.3 is 5.97 Å². The fourth-order valence-electron chi connectivity index (χ4n) is 1.79. The molecular formula is C15H18Cl2N2O4S. The Morgan fingerprint density at radius 3 is 2.46 bits per heavy atom. The Morgan fingerprint density at radius 2 is 1.92 bits per heavy atom. The summed E-state index contributed by atoms with van der Waals surface area (Å²) in [5, 5.41) is 14.4. The topological polar surface area (TPSA) is 95.5 Å². The number of carboxylic acids is 1. The lowest BCUT2D eigenvalue weighted by molar-refractivity contribution is -0.141. The van der Waals surface area contributed by atoms with Crippen molar-refractivity contribution in [1.82, 2.24) is 10.6 Å². The minimum Gasteiger partial charge on any atom is -0.480 e. The molecule has 0 spiro atoms. The molecule has 9 heteroatoms. The van der Waals surface area contributed by atoms with Crippen LogP contribution in [0.3, 0.4) is 0 Å². The van der Waals surface area contributed by atoms with E-state index >= 15 is 0 Å². The molecule has 0 aliphatic carbocycles. The summed E-state index contributed by atoms with van der Waals surface area (Å²) in [6.45, 7) is 1.35. The Hall–Kier alpha value is -1.44. The Balaban J connectivity index is 2.86. The van der Waals surface area contributed by atoms with Gasteiger partial charge in [-0.25, -0.2) is 0 Å². The molecule has 0 radical (unpaired) electrons. The summed E-state index contributed by atoms with van der Waals surface area (Å²) in [6, 6.07) is 2.50. The first-order valence-corrected chi connectivity index (χ1v) is 9.19. The number of nitrogens with one attached hydrogen (secondary N) is 2. The van der Waals surface area contributed by atoms with Crippen molar-refractivity contribution >= 4 is 52.7 Å². The van der Waals surface area contributed by atoms with Crippen LogP contribution in [0.4, 0.5) is 0 Å². The van der Waals surface area contributed by atoms with Gasteiger partial charge in [0.1, 0.15) is 12.1 Å². The molecule has 1 aromatic rings. The lowest BCUT2D eigenvalue weighted by Crippen LogP contribution is -2.51. The summed E-state index contributed by atoms with van der Waals surface area (Å²) in [5.74, 6) is -1.62. The quantitative estimate of drug-likeness (QED) is 0.631. The van der Waals surface area contributed by atoms with Gasteiger partial charge in [0.25, 0.3) is 5.91 Å². The van der Waals surface area contributed by atoms with Crippen molar-refractivity contribution in [2.24, 2.45) is 0 Å². The van der Waals surface area contributed by atoms with Gasteiger partial charge in [-0.1, -0.05) is 23.2 Å². The van der Waals surface area contributed by atoms with Crippen molar-refractivity contribution in [1.29, 1.82) is 0 Å². The number of carbonyl (C=O) groups is 3. The Kier molecular flexibility index (Phi) is 8.38. The van der Waals surface area contributed by atoms with Crippen LogP contribution >= 0.6 is 35.0 Å². The molecule has 0 saturated carbocycles. The maximum Gasteiger partial charge on any atom is 0.325 e. The average molecular weight is 393 g/mol. The largest absolute Gasteiger partial charge is 0.480 e. The van der Waals surface area contributed by atoms with E-state index in [4.69, 9.17) is 28.3 Å². The minimum absolute atomic E-state index is 0.169. The van der Waals surface area contributed by atoms with Crippen LogP contribution in [0.2, 0.25) is 10.0 Å². The summed E-state index contributed by atoms with van der Waals surface area (Å²) in [5.41, 5.74) is 0.189. The predicted molar refractivity (Wildman–Crippen MR) is 96.0 cm³/mol. The highest BCUT2D eigenvalue weighted by Gasteiger charge is 2.25. The number of hydrogen-bond donors (Lipinski definition) is 3. The molecule has 2 amide bonds. The fraction of sp³-hybridized carbons (Fsp3) is 0.400. The third kappa shape index (κ3) is 6.22. The van der Waals surface area contributed by atoms with Gasteiger partial charge in [-0.15, -0.1) is 0 Å². The van der Waals surface area contributed by atoms with Crippen LogP contribution in [0, 0.1) is 0 Å². The van der Waals surface area contributed by atoms with E-state index in [-0.39, 0.29) is 10.6 Å². The number of benzene rings is 1. The van der Waals surface area contributed by atoms with E-state index in [9.17, 15) is 14.4 Å². The molecule has 0 aliphatic heterocycles. The van der Waals surface area contributed by atoms with Crippen LogP contribution in [-0.2, 0) is 9.59 Å². The zero-order valence-electron chi connectivity index (χ0n) is 13.1. The minimum atomic E-state index is -1.15. The zero-order valence-corrected chi connectivity index (χ0v) is 15.5. The number of hydrogen-bond acceptors (Lipinski definition) is 4. The Labute approximate surface area is 154 Å². The number of carbonyl (C=O) groups excluding carboxylic acids is 2. The van der Waals surface area contributed by atoms with Gasteiger partial charge in [0.2, 0.25) is 5.91 Å². The number of rotatable bonds is 8. The number of carboxylic acid groups (broad SMARTS) is 1. The third-order valence-electron chi connectivity index (χ3n) is 3.14. The molecule has 0 saturated heterocycles. The van der Waals surface area contributed by atoms with Crippen molar-refractivity contribution in [2.45, 2.75) is 25.4 Å². The van der Waals surface area contributed by atoms with Gasteiger partial charge in [0.15, 0.2) is 0 Å². The van der Waals surface area contributed by atoms with Crippen LogP contribution in [0.1, 0.15) is 23.7 Å². The molecule has 3 N–H and O–H groups in total. The molecule has 0 fully saturated rings. The molecule has 0 bridgehead atoms. The molecule has 1 aromatic carbocycles. The van der Waals surface area contributed by atoms with Crippen molar-refractivity contribution < 1.29 is 19.5 Å². The highest BCUT2D eigenvalue weighted by atomic mass is 35.5. The lowest BCUT2D eigenvalue weighted by Gasteiger charge is -2.20. The van der Waals surface area contributed by atoms with Gasteiger partial charge in [0.05, 0.1) is 10.6 Å². The fourth-order valence-corrected chi connectivity index (χ4v) is 2.76. The molecule has 132 valence electrons. The monoisotopic (exact) mass is 392 g/mol. The summed E-state index contributed by atoms with van der Waals surface area (Å²) < 4.78 is 0. The lowest BCUT2D eigenvalue weighted by atomic mass is 10.1. The van der Waals surface area contributed by atoms with Crippen LogP contribution in [0.5, 0.6) is 0 Å². The highest BCUT2D eigenvalue weighted by Crippen LogP contribution is 2.21. The SMILES string of the molecule is CSCCC(NC(=O)c1ccc(Cl)cc1Cl)C(=O)N[C@@H](C)C(=O)O. The first-order chi connectivity index (χ1) is 11.3. The Bertz CT molecular complexity index is 627. The standard InChI is InChI=1S/C15H18Cl2N2O4S/c1-8(15(22)23)18-14(21)12(5-6-24-2)19-13(20)10-4-3-9(16)7-11(10)17/h3-4,7-8,12H,5-6H2,1-2H3,(H,18,21)(H,19,20)(H,22,23)/t8-,12?/m0/s1. The van der Waals surface area contributed by atoms with Gasteiger partial charge in [-0.05, 0) is 43.6 Å². The predicted octanol–water partition coefficient (Wildman–Crippen LogP) is 2.43. The van der Waals surface area contributed by atoms with Crippen LogP contribution < -0.4 is 10.6 Å². The van der Waals surface area contributed by atoms with Crippen LogP contribution in [-0.4, -0.2) is 47.0 Å². The molecule has 1 unspecified atom stereocenters. The zero-order chi connectivity index (χ0) is 18.3. The van der Waals surface area contributed by atoms with E-state index < -0.39 is 29.9 Å². The van der Waals surface area contributed by atoms with E-state index in [1.807, 2.05) is 6.26 Å². The summed E-state index contributed by atoms with van der Waals surface area (Å²) in [6.07, 6.45) is 2.23. The second-order valence-corrected chi connectivity index (χ2v) is 6.83. The van der Waals surface area contributed by atoms with Gasteiger partial charge in [-0.2, -0.15) is 11.8 Å². The molecule has 2 atom stereocenters. The molecule has 1 rings (SSSR count). The highest BCUT2D eigenvalue weighted by molar-refractivity contribution is 7.98. The van der Waals surface area contributed by atoms with Crippen molar-refractivity contribution in [3.05, 3.63) is 33.8 Å². The molecule has 6 nitrogen and oxygen atoms in total. The van der Waals surface area contributed by atoms with Crippen molar-refractivity contribution in [3.8, 4) is 0 Å². The van der Waals surface area contributed by atoms with Crippen molar-refractivity contribution in [2.75, 3.05) is 12.0 Å². The van der Waals surface area contributed by atoms with E-state index in [0.29, 0.717) is 17.2 Å². The molecule has 0 aliphatic rings. The maximum absolute atomic E-state index is 12.3. The third-order valence-corrected chi connectivity index (χ3v) is 4.33. The molecule has 0 heterocycles. The number of thioether (sulfide) groups is 1. The summed E-state index contributed by atoms with van der Waals surface area (Å²) in [7, 11) is 0. The van der Waals surface area contributed by atoms with E-state index in [0.717, 1.165) is 0 Å². The Morgan fingerprint density at radius 1 is 1.25 bits per heavy atom. The number of aliphatic carboxylic acids is 1. The van der Waals surface area contributed by atoms with Crippen molar-refractivity contribution in [3.63, 3.8) is 0 Å². The molecule has 0 aromatic heterocycles. The van der Waals surface area contributed by atoms with Crippen LogP contribution in [0.15, 0.2) is 18.2 Å². The van der Waals surface area contributed by atoms with Gasteiger partial charge in [-0.3, -0.25) is 14.4 Å². The number of amides is 2. The maximum atomic E-state index is 12.3. The van der Waals surface area contributed by atoms with E-state index in [2.05, 4.69) is 10.6 Å². The normalized spacial score (nSPS) is 13.0. The average Bonchev–Trinajstić information content (AvgIpc) is 2.50. The summed E-state index contributed by atoms with van der Waals surface area (Å²) in [4.78, 5) is 35.4. The molecular weight excluding hydrogens is 375 g/mol. The second-order valence-electron chi connectivity index (χ2n) is 5.00. The molecule has 24 heavy (non-hydrogen) atoms. The first-order valence-electron chi connectivity index (χ1n) is 7.04. The summed E-state index contributed by atoms with van der Waals surface area (Å²) >= 11 is 13.3. The van der Waals surface area contributed by atoms with Crippen LogP contribution in [0.25, 0.3) is 0 Å². The van der Waals surface area contributed by atoms with Gasteiger partial charge < -0.3 is 15.7 Å². The smallest absolute Gasteiger partial charge is 0.325 e. The second kappa shape index (κ2) is 9.76. The number of halogens is 2. The van der Waals surface area contributed by atoms with E-state index in [1.54, 1.807) is 0 Å². The van der Waals surface area contributed by atoms with Gasteiger partial charge in [0, 0.05) is 5.02 Å². The first kappa shape index (κ1) is 20.6. The van der Waals surface area contributed by atoms with E-state index in [1.165, 1.54) is 36.9 Å².